The molecule has 1 aliphatic rings. The van der Waals surface area contributed by atoms with Crippen LogP contribution in [0.5, 0.6) is 0 Å². The molecule has 2 heterocycles. The van der Waals surface area contributed by atoms with E-state index in [4.69, 9.17) is 10.00 Å². The molecule has 19 heavy (non-hydrogen) atoms. The molecule has 0 saturated carbocycles. The van der Waals surface area contributed by atoms with Crippen molar-refractivity contribution in [2.45, 2.75) is 12.8 Å². The van der Waals surface area contributed by atoms with Crippen LogP contribution in [0.3, 0.4) is 0 Å². The van der Waals surface area contributed by atoms with Crippen LogP contribution in [0.25, 0.3) is 0 Å². The predicted octanol–water partition coefficient (Wildman–Crippen LogP) is 1.25. The number of aliphatic carboxylic acids is 1. The minimum atomic E-state index is -0.808. The average molecular weight is 261 g/mol. The molecule has 2 N–H and O–H groups in total. The lowest BCUT2D eigenvalue weighted by molar-refractivity contribution is -0.153. The molecule has 0 aliphatic carbocycles. The van der Waals surface area contributed by atoms with Crippen LogP contribution in [-0.4, -0.2) is 35.8 Å². The lowest BCUT2D eigenvalue weighted by Gasteiger charge is -2.33. The first kappa shape index (κ1) is 13.3. The van der Waals surface area contributed by atoms with E-state index in [1.807, 2.05) is 6.07 Å². The number of carboxylic acid groups (broad SMARTS) is 1. The number of rotatable bonds is 4. The van der Waals surface area contributed by atoms with Crippen molar-refractivity contribution in [3.05, 3.63) is 24.0 Å². The fraction of sp³-hybridized carbons (Fsp3) is 0.462. The molecule has 1 saturated heterocycles. The summed E-state index contributed by atoms with van der Waals surface area (Å²) in [7, 11) is 0. The highest BCUT2D eigenvalue weighted by molar-refractivity contribution is 5.75. The fourth-order valence-electron chi connectivity index (χ4n) is 2.10. The van der Waals surface area contributed by atoms with E-state index in [1.54, 1.807) is 12.1 Å². The van der Waals surface area contributed by atoms with E-state index >= 15 is 0 Å². The van der Waals surface area contributed by atoms with E-state index < -0.39 is 11.4 Å². The van der Waals surface area contributed by atoms with Gasteiger partial charge >= 0.3 is 5.97 Å². The Bertz CT molecular complexity index is 504. The first-order valence-corrected chi connectivity index (χ1v) is 6.07. The van der Waals surface area contributed by atoms with Crippen LogP contribution in [0, 0.1) is 16.7 Å². The molecule has 6 heteroatoms. The molecule has 1 aromatic rings. The normalized spacial score (nSPS) is 17.4. The van der Waals surface area contributed by atoms with Gasteiger partial charge in [-0.25, -0.2) is 4.98 Å². The van der Waals surface area contributed by atoms with E-state index in [0.29, 0.717) is 44.0 Å². The highest BCUT2D eigenvalue weighted by Crippen LogP contribution is 2.31. The zero-order chi connectivity index (χ0) is 13.7. The van der Waals surface area contributed by atoms with Crippen molar-refractivity contribution in [2.24, 2.45) is 5.41 Å². The number of ether oxygens (including phenoxy) is 1. The van der Waals surface area contributed by atoms with Gasteiger partial charge in [0.25, 0.3) is 0 Å². The summed E-state index contributed by atoms with van der Waals surface area (Å²) < 4.78 is 5.22. The number of anilines is 1. The van der Waals surface area contributed by atoms with Crippen LogP contribution < -0.4 is 5.32 Å². The lowest BCUT2D eigenvalue weighted by atomic mass is 9.80. The number of carbonyl (C=O) groups is 1. The van der Waals surface area contributed by atoms with Crippen molar-refractivity contribution >= 4 is 11.7 Å². The highest BCUT2D eigenvalue weighted by Gasteiger charge is 2.39. The Morgan fingerprint density at radius 1 is 1.58 bits per heavy atom. The maximum atomic E-state index is 11.5. The Balaban J connectivity index is 2.06. The van der Waals surface area contributed by atoms with Crippen LogP contribution in [0.4, 0.5) is 5.69 Å². The van der Waals surface area contributed by atoms with Crippen molar-refractivity contribution in [3.8, 4) is 6.07 Å². The molecule has 1 aliphatic heterocycles. The van der Waals surface area contributed by atoms with E-state index in [-0.39, 0.29) is 0 Å². The van der Waals surface area contributed by atoms with Crippen molar-refractivity contribution in [2.75, 3.05) is 25.1 Å². The number of nitrogens with one attached hydrogen (secondary N) is 1. The second-order valence-corrected chi connectivity index (χ2v) is 4.59. The van der Waals surface area contributed by atoms with Gasteiger partial charge in [0.1, 0.15) is 11.8 Å². The zero-order valence-electron chi connectivity index (χ0n) is 10.4. The van der Waals surface area contributed by atoms with Crippen LogP contribution in [-0.2, 0) is 9.53 Å². The van der Waals surface area contributed by atoms with Gasteiger partial charge in [0.15, 0.2) is 0 Å². The third kappa shape index (κ3) is 3.01. The average Bonchev–Trinajstić information content (AvgIpc) is 2.46. The number of carboxylic acids is 1. The number of hydrogen-bond donors (Lipinski definition) is 2. The standard InChI is InChI=1S/C13H15N3O3/c14-8-11-7-10(1-4-15-11)16-9-13(12(17)18)2-5-19-6-3-13/h1,4,7H,2-3,5-6,9H2,(H,15,16)(H,17,18). The molecule has 0 radical (unpaired) electrons. The molecule has 100 valence electrons. The summed E-state index contributed by atoms with van der Waals surface area (Å²) in [4.78, 5) is 15.3. The monoisotopic (exact) mass is 261 g/mol. The van der Waals surface area contributed by atoms with Crippen LogP contribution in [0.2, 0.25) is 0 Å². The van der Waals surface area contributed by atoms with Gasteiger partial charge in [0.05, 0.1) is 5.41 Å². The molecular weight excluding hydrogens is 246 g/mol. The molecular formula is C13H15N3O3. The Labute approximate surface area is 111 Å². The first-order valence-electron chi connectivity index (χ1n) is 6.07. The van der Waals surface area contributed by atoms with Gasteiger partial charge < -0.3 is 15.2 Å². The van der Waals surface area contributed by atoms with Gasteiger partial charge in [0, 0.05) is 31.6 Å². The highest BCUT2D eigenvalue weighted by atomic mass is 16.5. The maximum absolute atomic E-state index is 11.5. The van der Waals surface area contributed by atoms with E-state index in [9.17, 15) is 9.90 Å². The smallest absolute Gasteiger partial charge is 0.311 e. The minimum Gasteiger partial charge on any atom is -0.481 e. The fourth-order valence-corrected chi connectivity index (χ4v) is 2.10. The molecule has 1 fully saturated rings. The number of nitriles is 1. The topological polar surface area (TPSA) is 95.2 Å². The van der Waals surface area contributed by atoms with Crippen molar-refractivity contribution < 1.29 is 14.6 Å². The minimum absolute atomic E-state index is 0.307. The molecule has 2 rings (SSSR count). The van der Waals surface area contributed by atoms with E-state index in [0.717, 1.165) is 0 Å². The summed E-state index contributed by atoms with van der Waals surface area (Å²) in [6, 6.07) is 5.27. The summed E-state index contributed by atoms with van der Waals surface area (Å²) >= 11 is 0. The van der Waals surface area contributed by atoms with Crippen LogP contribution in [0.1, 0.15) is 18.5 Å². The number of aromatic nitrogens is 1. The molecule has 0 amide bonds. The van der Waals surface area contributed by atoms with Crippen LogP contribution >= 0.6 is 0 Å². The quantitative estimate of drug-likeness (QED) is 0.846. The molecule has 0 atom stereocenters. The van der Waals surface area contributed by atoms with Crippen molar-refractivity contribution in [1.82, 2.24) is 4.98 Å². The second-order valence-electron chi connectivity index (χ2n) is 4.59. The Kier molecular flexibility index (Phi) is 3.97. The molecule has 0 aromatic carbocycles. The Morgan fingerprint density at radius 3 is 2.95 bits per heavy atom. The number of hydrogen-bond acceptors (Lipinski definition) is 5. The van der Waals surface area contributed by atoms with E-state index in [1.165, 1.54) is 6.20 Å². The molecule has 0 spiro atoms. The lowest BCUT2D eigenvalue weighted by Crippen LogP contribution is -2.42. The third-order valence-electron chi connectivity index (χ3n) is 3.41. The SMILES string of the molecule is N#Cc1cc(NCC2(C(=O)O)CCOCC2)ccn1. The Morgan fingerprint density at radius 2 is 2.32 bits per heavy atom. The number of pyridine rings is 1. The summed E-state index contributed by atoms with van der Waals surface area (Å²) in [6.45, 7) is 1.25. The van der Waals surface area contributed by atoms with Gasteiger partial charge in [-0.2, -0.15) is 5.26 Å². The molecule has 1 aromatic heterocycles. The Hall–Kier alpha value is -2.13. The summed E-state index contributed by atoms with van der Waals surface area (Å²) in [5, 5.41) is 21.3. The van der Waals surface area contributed by atoms with Gasteiger partial charge in [-0.05, 0) is 25.0 Å². The van der Waals surface area contributed by atoms with Crippen molar-refractivity contribution in [3.63, 3.8) is 0 Å². The van der Waals surface area contributed by atoms with Gasteiger partial charge in [0.2, 0.25) is 0 Å². The maximum Gasteiger partial charge on any atom is 0.311 e. The molecule has 0 bridgehead atoms. The van der Waals surface area contributed by atoms with Gasteiger partial charge in [-0.1, -0.05) is 0 Å². The second kappa shape index (κ2) is 5.67. The largest absolute Gasteiger partial charge is 0.481 e. The first-order chi connectivity index (χ1) is 9.16. The number of nitrogens with zero attached hydrogens (tertiary/aromatic N) is 2. The van der Waals surface area contributed by atoms with E-state index in [2.05, 4.69) is 10.3 Å². The molecule has 6 nitrogen and oxygen atoms in total. The molecule has 0 unspecified atom stereocenters. The predicted molar refractivity (Wildman–Crippen MR) is 67.6 cm³/mol. The zero-order valence-corrected chi connectivity index (χ0v) is 10.4. The summed E-state index contributed by atoms with van der Waals surface area (Å²) in [5.41, 5.74) is 0.217. The summed E-state index contributed by atoms with van der Waals surface area (Å²) in [5.74, 6) is -0.808. The van der Waals surface area contributed by atoms with Gasteiger partial charge in [-0.3, -0.25) is 4.79 Å². The van der Waals surface area contributed by atoms with Gasteiger partial charge in [-0.15, -0.1) is 0 Å². The van der Waals surface area contributed by atoms with Crippen molar-refractivity contribution in [1.29, 1.82) is 5.26 Å². The summed E-state index contributed by atoms with van der Waals surface area (Å²) in [6.07, 6.45) is 2.51. The van der Waals surface area contributed by atoms with Crippen LogP contribution in [0.15, 0.2) is 18.3 Å². The third-order valence-corrected chi connectivity index (χ3v) is 3.41.